The van der Waals surface area contributed by atoms with Crippen LogP contribution in [-0.4, -0.2) is 10.9 Å². The fourth-order valence-corrected chi connectivity index (χ4v) is 2.88. The molecule has 1 heterocycles. The van der Waals surface area contributed by atoms with Crippen molar-refractivity contribution in [3.63, 3.8) is 0 Å². The minimum absolute atomic E-state index is 0.0932. The summed E-state index contributed by atoms with van der Waals surface area (Å²) in [5, 5.41) is 13.3. The fourth-order valence-electron chi connectivity index (χ4n) is 2.88. The van der Waals surface area contributed by atoms with Crippen LogP contribution in [0.3, 0.4) is 0 Å². The minimum atomic E-state index is -0.372. The summed E-state index contributed by atoms with van der Waals surface area (Å²) >= 11 is 0. The van der Waals surface area contributed by atoms with Crippen LogP contribution in [0.5, 0.6) is 0 Å². The molecule has 1 amide bonds. The zero-order chi connectivity index (χ0) is 17.8. The number of para-hydroxylation sites is 1. The van der Waals surface area contributed by atoms with Gasteiger partial charge < -0.3 is 10.3 Å². The quantitative estimate of drug-likeness (QED) is 0.554. The summed E-state index contributed by atoms with van der Waals surface area (Å²) in [5.41, 5.74) is 3.88. The number of nitriles is 1. The Hall–Kier alpha value is -3.32. The first-order chi connectivity index (χ1) is 12.1. The molecule has 0 bridgehead atoms. The van der Waals surface area contributed by atoms with Crippen LogP contribution in [0, 0.1) is 18.3 Å². The van der Waals surface area contributed by atoms with Gasteiger partial charge in [-0.2, -0.15) is 5.26 Å². The average molecular weight is 329 g/mol. The summed E-state index contributed by atoms with van der Waals surface area (Å²) in [4.78, 5) is 15.8. The van der Waals surface area contributed by atoms with E-state index in [4.69, 9.17) is 0 Å². The Labute approximate surface area is 146 Å². The number of fused-ring (bicyclic) bond motifs is 1. The van der Waals surface area contributed by atoms with Crippen molar-refractivity contribution in [2.75, 3.05) is 0 Å². The van der Waals surface area contributed by atoms with Crippen molar-refractivity contribution in [1.82, 2.24) is 10.3 Å². The van der Waals surface area contributed by atoms with E-state index in [0.29, 0.717) is 0 Å². The van der Waals surface area contributed by atoms with Gasteiger partial charge in [-0.15, -0.1) is 0 Å². The predicted octanol–water partition coefficient (Wildman–Crippen LogP) is 4.26. The molecule has 25 heavy (non-hydrogen) atoms. The summed E-state index contributed by atoms with van der Waals surface area (Å²) in [6, 6.07) is 19.4. The summed E-state index contributed by atoms with van der Waals surface area (Å²) in [5.74, 6) is -0.372. The fraction of sp³-hybridized carbons (Fsp3) is 0.143. The molecule has 3 rings (SSSR count). The molecule has 4 nitrogen and oxygen atoms in total. The van der Waals surface area contributed by atoms with Crippen LogP contribution >= 0.6 is 0 Å². The van der Waals surface area contributed by atoms with Crippen LogP contribution in [-0.2, 0) is 4.79 Å². The van der Waals surface area contributed by atoms with Crippen molar-refractivity contribution in [3.8, 4) is 6.07 Å². The third kappa shape index (κ3) is 3.46. The van der Waals surface area contributed by atoms with E-state index in [-0.39, 0.29) is 17.5 Å². The Morgan fingerprint density at radius 3 is 2.56 bits per heavy atom. The topological polar surface area (TPSA) is 68.7 Å². The molecule has 4 heteroatoms. The third-order valence-electron chi connectivity index (χ3n) is 4.24. The number of benzene rings is 2. The molecular formula is C21H19N3O. The summed E-state index contributed by atoms with van der Waals surface area (Å²) < 4.78 is 0. The lowest BCUT2D eigenvalue weighted by molar-refractivity contribution is -0.117. The number of carbonyl (C=O) groups excluding carboxylic acids is 1. The van der Waals surface area contributed by atoms with E-state index in [0.717, 1.165) is 27.7 Å². The first-order valence-electron chi connectivity index (χ1n) is 8.15. The summed E-state index contributed by atoms with van der Waals surface area (Å²) in [6.07, 6.45) is 1.65. The second-order valence-electron chi connectivity index (χ2n) is 5.98. The van der Waals surface area contributed by atoms with Gasteiger partial charge in [-0.3, -0.25) is 4.79 Å². The van der Waals surface area contributed by atoms with Crippen LogP contribution in [0.25, 0.3) is 17.0 Å². The van der Waals surface area contributed by atoms with Crippen molar-refractivity contribution in [1.29, 1.82) is 5.26 Å². The number of aromatic amines is 1. The van der Waals surface area contributed by atoms with Crippen molar-refractivity contribution in [3.05, 3.63) is 77.0 Å². The molecule has 0 saturated heterocycles. The normalized spacial score (nSPS) is 12.6. The monoisotopic (exact) mass is 329 g/mol. The van der Waals surface area contributed by atoms with Crippen molar-refractivity contribution >= 4 is 22.9 Å². The Kier molecular flexibility index (Phi) is 4.67. The number of H-pyrrole nitrogens is 1. The first kappa shape index (κ1) is 16.5. The average Bonchev–Trinajstić information content (AvgIpc) is 2.95. The maximum Gasteiger partial charge on any atom is 0.262 e. The molecule has 0 aliphatic heterocycles. The van der Waals surface area contributed by atoms with Gasteiger partial charge in [-0.1, -0.05) is 48.5 Å². The molecule has 0 aliphatic rings. The van der Waals surface area contributed by atoms with E-state index < -0.39 is 0 Å². The van der Waals surface area contributed by atoms with Gasteiger partial charge in [0.25, 0.3) is 5.91 Å². The number of nitrogens with zero attached hydrogens (tertiary/aromatic N) is 1. The number of aromatic nitrogens is 1. The van der Waals surface area contributed by atoms with E-state index in [1.54, 1.807) is 6.08 Å². The molecule has 0 unspecified atom stereocenters. The molecule has 0 spiro atoms. The van der Waals surface area contributed by atoms with Gasteiger partial charge in [-0.05, 0) is 31.6 Å². The van der Waals surface area contributed by atoms with Crippen LogP contribution in [0.2, 0.25) is 0 Å². The number of amides is 1. The second-order valence-corrected chi connectivity index (χ2v) is 5.98. The van der Waals surface area contributed by atoms with Crippen molar-refractivity contribution in [2.24, 2.45) is 0 Å². The van der Waals surface area contributed by atoms with Crippen molar-refractivity contribution < 1.29 is 4.79 Å². The second kappa shape index (κ2) is 7.06. The van der Waals surface area contributed by atoms with Gasteiger partial charge in [0.15, 0.2) is 0 Å². The molecule has 1 atom stereocenters. The lowest BCUT2D eigenvalue weighted by atomic mass is 10.1. The molecule has 2 aromatic carbocycles. The molecule has 3 aromatic rings. The van der Waals surface area contributed by atoms with E-state index >= 15 is 0 Å². The van der Waals surface area contributed by atoms with Gasteiger partial charge in [-0.25, -0.2) is 0 Å². The number of hydrogen-bond acceptors (Lipinski definition) is 2. The Balaban J connectivity index is 1.89. The molecule has 1 aromatic heterocycles. The Morgan fingerprint density at radius 2 is 1.84 bits per heavy atom. The standard InChI is InChI=1S/C21H19N3O/c1-14(16-8-4-3-5-9-16)24-21(25)17(13-22)12-19-15(2)23-20-11-7-6-10-18(19)20/h3-12,14,23H,1-2H3,(H,24,25)/b17-12+/t14-/m0/s1. The predicted molar refractivity (Wildman–Crippen MR) is 99.6 cm³/mol. The van der Waals surface area contributed by atoms with E-state index in [2.05, 4.69) is 10.3 Å². The summed E-state index contributed by atoms with van der Waals surface area (Å²) in [7, 11) is 0. The van der Waals surface area contributed by atoms with Crippen LogP contribution in [0.15, 0.2) is 60.2 Å². The van der Waals surface area contributed by atoms with Crippen molar-refractivity contribution in [2.45, 2.75) is 19.9 Å². The molecule has 0 saturated carbocycles. The number of hydrogen-bond donors (Lipinski definition) is 2. The highest BCUT2D eigenvalue weighted by molar-refractivity contribution is 6.04. The Morgan fingerprint density at radius 1 is 1.16 bits per heavy atom. The van der Waals surface area contributed by atoms with E-state index in [9.17, 15) is 10.1 Å². The Bertz CT molecular complexity index is 977. The van der Waals surface area contributed by atoms with Gasteiger partial charge in [0.2, 0.25) is 0 Å². The van der Waals surface area contributed by atoms with Gasteiger partial charge in [0.1, 0.15) is 11.6 Å². The third-order valence-corrected chi connectivity index (χ3v) is 4.24. The zero-order valence-electron chi connectivity index (χ0n) is 14.2. The number of carbonyl (C=O) groups is 1. The smallest absolute Gasteiger partial charge is 0.262 e. The SMILES string of the molecule is Cc1[nH]c2ccccc2c1/C=C(\C#N)C(=O)N[C@@H](C)c1ccccc1. The van der Waals surface area contributed by atoms with Crippen LogP contribution in [0.1, 0.15) is 29.8 Å². The number of rotatable bonds is 4. The zero-order valence-corrected chi connectivity index (χ0v) is 14.2. The van der Waals surface area contributed by atoms with Gasteiger partial charge in [0, 0.05) is 22.2 Å². The molecule has 2 N–H and O–H groups in total. The number of aryl methyl sites for hydroxylation is 1. The van der Waals surface area contributed by atoms with E-state index in [1.807, 2.05) is 74.5 Å². The lowest BCUT2D eigenvalue weighted by Crippen LogP contribution is -2.27. The molecule has 0 aliphatic carbocycles. The number of nitrogens with one attached hydrogen (secondary N) is 2. The molecule has 0 fully saturated rings. The molecular weight excluding hydrogens is 310 g/mol. The lowest BCUT2D eigenvalue weighted by Gasteiger charge is -2.13. The molecule has 124 valence electrons. The minimum Gasteiger partial charge on any atom is -0.358 e. The largest absolute Gasteiger partial charge is 0.358 e. The maximum absolute atomic E-state index is 12.5. The highest BCUT2D eigenvalue weighted by Gasteiger charge is 2.15. The highest BCUT2D eigenvalue weighted by atomic mass is 16.1. The summed E-state index contributed by atoms with van der Waals surface area (Å²) in [6.45, 7) is 3.84. The maximum atomic E-state index is 12.5. The van der Waals surface area contributed by atoms with Crippen LogP contribution in [0.4, 0.5) is 0 Å². The van der Waals surface area contributed by atoms with Crippen LogP contribution < -0.4 is 5.32 Å². The van der Waals surface area contributed by atoms with Gasteiger partial charge >= 0.3 is 0 Å². The molecule has 0 radical (unpaired) electrons. The van der Waals surface area contributed by atoms with E-state index in [1.165, 1.54) is 0 Å². The highest BCUT2D eigenvalue weighted by Crippen LogP contribution is 2.24. The first-order valence-corrected chi connectivity index (χ1v) is 8.15. The van der Waals surface area contributed by atoms with Gasteiger partial charge in [0.05, 0.1) is 6.04 Å².